The quantitative estimate of drug-likeness (QED) is 0.775. The highest BCUT2D eigenvalue weighted by molar-refractivity contribution is 5.94. The van der Waals surface area contributed by atoms with Crippen LogP contribution >= 0.6 is 0 Å². The highest BCUT2D eigenvalue weighted by Crippen LogP contribution is 2.08. The molecule has 0 saturated carbocycles. The molecule has 1 aromatic rings. The Kier molecular flexibility index (Phi) is 3.42. The van der Waals surface area contributed by atoms with Crippen LogP contribution in [0.4, 0.5) is 0 Å². The molecule has 82 valence electrons. The number of pyridine rings is 1. The minimum atomic E-state index is -0.416. The van der Waals surface area contributed by atoms with Gasteiger partial charge in [0.05, 0.1) is 0 Å². The lowest BCUT2D eigenvalue weighted by Crippen LogP contribution is -2.54. The first kappa shape index (κ1) is 11.7. The maximum atomic E-state index is 11.8. The summed E-state index contributed by atoms with van der Waals surface area (Å²) in [5.74, 6) is -0.125. The van der Waals surface area contributed by atoms with Gasteiger partial charge in [0.25, 0.3) is 5.91 Å². The molecule has 0 aliphatic carbocycles. The van der Waals surface area contributed by atoms with E-state index in [-0.39, 0.29) is 11.9 Å². The van der Waals surface area contributed by atoms with Gasteiger partial charge in [0.1, 0.15) is 0 Å². The van der Waals surface area contributed by atoms with Crippen molar-refractivity contribution in [3.63, 3.8) is 0 Å². The van der Waals surface area contributed by atoms with Gasteiger partial charge in [-0.1, -0.05) is 0 Å². The Balaban J connectivity index is 2.73. The van der Waals surface area contributed by atoms with Gasteiger partial charge in [0.15, 0.2) is 0 Å². The summed E-state index contributed by atoms with van der Waals surface area (Å²) in [7, 11) is 0. The van der Waals surface area contributed by atoms with Crippen LogP contribution in [-0.2, 0) is 0 Å². The van der Waals surface area contributed by atoms with Crippen molar-refractivity contribution in [2.45, 2.75) is 32.4 Å². The van der Waals surface area contributed by atoms with Crippen LogP contribution in [0.3, 0.4) is 0 Å². The van der Waals surface area contributed by atoms with Crippen LogP contribution < -0.4 is 11.1 Å². The Labute approximate surface area is 89.9 Å². The molecule has 1 atom stereocenters. The molecule has 1 heterocycles. The van der Waals surface area contributed by atoms with Crippen molar-refractivity contribution < 1.29 is 4.79 Å². The third-order valence-corrected chi connectivity index (χ3v) is 2.52. The van der Waals surface area contributed by atoms with Gasteiger partial charge in [-0.05, 0) is 32.9 Å². The fourth-order valence-electron chi connectivity index (χ4n) is 0.982. The summed E-state index contributed by atoms with van der Waals surface area (Å²) in [5, 5.41) is 2.88. The summed E-state index contributed by atoms with van der Waals surface area (Å²) in [4.78, 5) is 15.6. The highest BCUT2D eigenvalue weighted by Gasteiger charge is 2.25. The summed E-state index contributed by atoms with van der Waals surface area (Å²) in [6.07, 6.45) is 3.18. The minimum absolute atomic E-state index is 0.108. The van der Waals surface area contributed by atoms with E-state index in [1.54, 1.807) is 24.5 Å². The molecule has 1 unspecified atom stereocenters. The molecule has 0 radical (unpaired) electrons. The van der Waals surface area contributed by atoms with E-state index in [1.807, 2.05) is 20.8 Å². The smallest absolute Gasteiger partial charge is 0.251 e. The number of hydrogen-bond donors (Lipinski definition) is 2. The second-order valence-electron chi connectivity index (χ2n) is 4.20. The Hall–Kier alpha value is -1.42. The largest absolute Gasteiger partial charge is 0.346 e. The fourth-order valence-corrected chi connectivity index (χ4v) is 0.982. The molecule has 1 aromatic heterocycles. The molecular formula is C11H17N3O. The lowest BCUT2D eigenvalue weighted by molar-refractivity contribution is 0.0903. The number of aromatic nitrogens is 1. The minimum Gasteiger partial charge on any atom is -0.346 e. The molecular weight excluding hydrogens is 190 g/mol. The summed E-state index contributed by atoms with van der Waals surface area (Å²) < 4.78 is 0. The Bertz CT molecular complexity index is 333. The predicted octanol–water partition coefficient (Wildman–Crippen LogP) is 0.937. The van der Waals surface area contributed by atoms with Crippen LogP contribution in [0.25, 0.3) is 0 Å². The van der Waals surface area contributed by atoms with E-state index in [2.05, 4.69) is 10.3 Å². The zero-order valence-electron chi connectivity index (χ0n) is 9.32. The van der Waals surface area contributed by atoms with Gasteiger partial charge < -0.3 is 11.1 Å². The van der Waals surface area contributed by atoms with E-state index in [1.165, 1.54) is 0 Å². The molecule has 15 heavy (non-hydrogen) atoms. The predicted molar refractivity (Wildman–Crippen MR) is 59.4 cm³/mol. The summed E-state index contributed by atoms with van der Waals surface area (Å²) in [6.45, 7) is 5.67. The van der Waals surface area contributed by atoms with Gasteiger partial charge in [0, 0.05) is 29.5 Å². The van der Waals surface area contributed by atoms with Crippen molar-refractivity contribution >= 4 is 5.91 Å². The normalized spacial score (nSPS) is 13.3. The molecule has 4 heteroatoms. The summed E-state index contributed by atoms with van der Waals surface area (Å²) >= 11 is 0. The van der Waals surface area contributed by atoms with E-state index in [0.717, 1.165) is 0 Å². The second-order valence-corrected chi connectivity index (χ2v) is 4.20. The number of rotatable bonds is 3. The first-order valence-corrected chi connectivity index (χ1v) is 4.91. The zero-order valence-corrected chi connectivity index (χ0v) is 9.32. The zero-order chi connectivity index (χ0) is 11.5. The van der Waals surface area contributed by atoms with Crippen LogP contribution in [0.5, 0.6) is 0 Å². The lowest BCUT2D eigenvalue weighted by atomic mass is 9.96. The number of carbonyl (C=O) groups excluding carboxylic acids is 1. The van der Waals surface area contributed by atoms with Gasteiger partial charge >= 0.3 is 0 Å². The molecule has 0 spiro atoms. The number of nitrogens with zero attached hydrogens (tertiary/aromatic N) is 1. The molecule has 1 amide bonds. The monoisotopic (exact) mass is 207 g/mol. The molecule has 0 saturated heterocycles. The van der Waals surface area contributed by atoms with E-state index in [4.69, 9.17) is 5.73 Å². The number of amides is 1. The molecule has 3 N–H and O–H groups in total. The van der Waals surface area contributed by atoms with Crippen molar-refractivity contribution in [3.05, 3.63) is 30.1 Å². The molecule has 1 rings (SSSR count). The van der Waals surface area contributed by atoms with Gasteiger partial charge in [-0.3, -0.25) is 9.78 Å². The van der Waals surface area contributed by atoms with Crippen molar-refractivity contribution in [2.24, 2.45) is 5.73 Å². The van der Waals surface area contributed by atoms with Gasteiger partial charge in [-0.2, -0.15) is 0 Å². The van der Waals surface area contributed by atoms with Crippen LogP contribution in [-0.4, -0.2) is 22.5 Å². The van der Waals surface area contributed by atoms with E-state index in [0.29, 0.717) is 5.56 Å². The maximum Gasteiger partial charge on any atom is 0.251 e. The number of nitrogens with two attached hydrogens (primary N) is 1. The SMILES string of the molecule is CC(N)C(C)(C)NC(=O)c1ccncc1. The van der Waals surface area contributed by atoms with Gasteiger partial charge in [-0.15, -0.1) is 0 Å². The van der Waals surface area contributed by atoms with E-state index < -0.39 is 5.54 Å². The number of nitrogens with one attached hydrogen (secondary N) is 1. The number of carbonyl (C=O) groups is 1. The average molecular weight is 207 g/mol. The molecule has 4 nitrogen and oxygen atoms in total. The van der Waals surface area contributed by atoms with Crippen molar-refractivity contribution in [2.75, 3.05) is 0 Å². The van der Waals surface area contributed by atoms with Gasteiger partial charge in [0.2, 0.25) is 0 Å². The average Bonchev–Trinajstić information content (AvgIpc) is 2.18. The molecule has 0 bridgehead atoms. The Morgan fingerprint density at radius 1 is 1.47 bits per heavy atom. The summed E-state index contributed by atoms with van der Waals surface area (Å²) in [5.41, 5.74) is 5.95. The third-order valence-electron chi connectivity index (χ3n) is 2.52. The standard InChI is InChI=1S/C11H17N3O/c1-8(12)11(2,3)14-10(15)9-4-6-13-7-5-9/h4-8H,12H2,1-3H3,(H,14,15). The fraction of sp³-hybridized carbons (Fsp3) is 0.455. The number of hydrogen-bond acceptors (Lipinski definition) is 3. The topological polar surface area (TPSA) is 68.0 Å². The highest BCUT2D eigenvalue weighted by atomic mass is 16.1. The molecule has 0 fully saturated rings. The van der Waals surface area contributed by atoms with Gasteiger partial charge in [-0.25, -0.2) is 0 Å². The second kappa shape index (κ2) is 4.40. The van der Waals surface area contributed by atoms with Crippen LogP contribution in [0.1, 0.15) is 31.1 Å². The van der Waals surface area contributed by atoms with E-state index in [9.17, 15) is 4.79 Å². The molecule has 0 aliphatic heterocycles. The van der Waals surface area contributed by atoms with Crippen LogP contribution in [0.15, 0.2) is 24.5 Å². The van der Waals surface area contributed by atoms with Crippen molar-refractivity contribution in [1.82, 2.24) is 10.3 Å². The van der Waals surface area contributed by atoms with Crippen molar-refractivity contribution in [3.8, 4) is 0 Å². The summed E-state index contributed by atoms with van der Waals surface area (Å²) in [6, 6.07) is 3.24. The Morgan fingerprint density at radius 2 is 2.00 bits per heavy atom. The maximum absolute atomic E-state index is 11.8. The molecule has 0 aliphatic rings. The first-order chi connectivity index (χ1) is 6.93. The Morgan fingerprint density at radius 3 is 2.47 bits per heavy atom. The van der Waals surface area contributed by atoms with Crippen LogP contribution in [0, 0.1) is 0 Å². The molecule has 0 aromatic carbocycles. The lowest BCUT2D eigenvalue weighted by Gasteiger charge is -2.30. The first-order valence-electron chi connectivity index (χ1n) is 4.91. The van der Waals surface area contributed by atoms with Crippen molar-refractivity contribution in [1.29, 1.82) is 0 Å². The third kappa shape index (κ3) is 3.02. The van der Waals surface area contributed by atoms with E-state index >= 15 is 0 Å². The van der Waals surface area contributed by atoms with Crippen LogP contribution in [0.2, 0.25) is 0 Å².